The number of nitrogens with one attached hydrogen (secondary N) is 1. The lowest BCUT2D eigenvalue weighted by Crippen LogP contribution is -2.51. The van der Waals surface area contributed by atoms with Gasteiger partial charge in [0.05, 0.1) is 10.6 Å². The van der Waals surface area contributed by atoms with Gasteiger partial charge in [0.15, 0.2) is 0 Å². The normalized spacial score (nSPS) is 12.0. The van der Waals surface area contributed by atoms with E-state index < -0.39 is 28.5 Å². The highest BCUT2D eigenvalue weighted by molar-refractivity contribution is 9.10. The molecule has 7 nitrogen and oxygen atoms in total. The molecule has 1 atom stereocenters. The molecule has 0 aliphatic heterocycles. The van der Waals surface area contributed by atoms with Crippen LogP contribution in [0.2, 0.25) is 0 Å². The van der Waals surface area contributed by atoms with Crippen LogP contribution in [0.1, 0.15) is 31.4 Å². The number of sulfonamides is 1. The first-order chi connectivity index (χ1) is 18.6. The number of rotatable bonds is 12. The van der Waals surface area contributed by atoms with Crippen molar-refractivity contribution in [2.75, 3.05) is 23.7 Å². The molecule has 10 heteroatoms. The van der Waals surface area contributed by atoms with Crippen molar-refractivity contribution in [2.45, 2.75) is 49.6 Å². The Morgan fingerprint density at radius 1 is 1.03 bits per heavy atom. The summed E-state index contributed by atoms with van der Waals surface area (Å²) in [4.78, 5) is 29.3. The summed E-state index contributed by atoms with van der Waals surface area (Å²) in [5.41, 5.74) is 2.14. The van der Waals surface area contributed by atoms with Gasteiger partial charge in [0.2, 0.25) is 11.8 Å². The Hall–Kier alpha value is -2.82. The van der Waals surface area contributed by atoms with E-state index in [0.717, 1.165) is 31.2 Å². The summed E-state index contributed by atoms with van der Waals surface area (Å²) in [5.74, 6) is -0.781. The highest BCUT2D eigenvalue weighted by atomic mass is 79.9. The van der Waals surface area contributed by atoms with E-state index in [0.29, 0.717) is 12.2 Å². The number of halogens is 1. The van der Waals surface area contributed by atoms with Crippen LogP contribution < -0.4 is 9.62 Å². The quantitative estimate of drug-likeness (QED) is 0.262. The molecule has 0 aromatic heterocycles. The number of thioether (sulfide) groups is 1. The van der Waals surface area contributed by atoms with Crippen molar-refractivity contribution >= 4 is 55.2 Å². The number of aryl methyl sites for hydroxylation is 1. The van der Waals surface area contributed by atoms with E-state index in [4.69, 9.17) is 0 Å². The van der Waals surface area contributed by atoms with Crippen molar-refractivity contribution in [3.8, 4) is 0 Å². The summed E-state index contributed by atoms with van der Waals surface area (Å²) >= 11 is 4.97. The Labute approximate surface area is 244 Å². The highest BCUT2D eigenvalue weighted by Gasteiger charge is 2.32. The van der Waals surface area contributed by atoms with E-state index in [9.17, 15) is 18.0 Å². The molecule has 0 aliphatic carbocycles. The fourth-order valence-corrected chi connectivity index (χ4v) is 6.19. The summed E-state index contributed by atoms with van der Waals surface area (Å²) in [6.45, 7) is 5.68. The number of amides is 2. The number of anilines is 1. The van der Waals surface area contributed by atoms with Crippen molar-refractivity contribution in [2.24, 2.45) is 0 Å². The lowest BCUT2D eigenvalue weighted by atomic mass is 10.1. The van der Waals surface area contributed by atoms with Crippen LogP contribution in [0.3, 0.4) is 0 Å². The van der Waals surface area contributed by atoms with Gasteiger partial charge in [0.25, 0.3) is 10.0 Å². The number of hydrogen-bond donors (Lipinski definition) is 1. The van der Waals surface area contributed by atoms with Crippen LogP contribution in [0.15, 0.2) is 87.1 Å². The maximum Gasteiger partial charge on any atom is 0.264 e. The zero-order valence-corrected chi connectivity index (χ0v) is 25.8. The third kappa shape index (κ3) is 8.09. The molecule has 0 aliphatic rings. The zero-order valence-electron chi connectivity index (χ0n) is 22.6. The molecule has 3 rings (SSSR count). The topological polar surface area (TPSA) is 86.8 Å². The van der Waals surface area contributed by atoms with Gasteiger partial charge < -0.3 is 10.2 Å². The van der Waals surface area contributed by atoms with E-state index >= 15 is 0 Å². The molecule has 1 unspecified atom stereocenters. The first-order valence-corrected chi connectivity index (χ1v) is 16.1. The third-order valence-electron chi connectivity index (χ3n) is 6.21. The van der Waals surface area contributed by atoms with E-state index in [1.165, 1.54) is 16.7 Å². The Balaban J connectivity index is 2.01. The Bertz CT molecular complexity index is 1380. The van der Waals surface area contributed by atoms with Crippen molar-refractivity contribution in [3.63, 3.8) is 0 Å². The van der Waals surface area contributed by atoms with E-state index in [1.807, 2.05) is 44.4 Å². The molecule has 0 bridgehead atoms. The van der Waals surface area contributed by atoms with Crippen LogP contribution in [0.4, 0.5) is 5.69 Å². The average molecular weight is 633 g/mol. The largest absolute Gasteiger partial charge is 0.354 e. The van der Waals surface area contributed by atoms with Gasteiger partial charge >= 0.3 is 0 Å². The standard InChI is InChI=1S/C29H34BrN3O4S2/c1-5-17-31-29(35)22(3)32(19-23-7-6-8-24(30)18-23)28(34)20-33(25-11-9-21(2)10-12-25)39(36,37)27-15-13-26(38-4)14-16-27/h6-16,18,22H,5,17,19-20H2,1-4H3,(H,31,35). The van der Waals surface area contributed by atoms with E-state index in [2.05, 4.69) is 21.2 Å². The second-order valence-corrected chi connectivity index (χ2v) is 12.8. The van der Waals surface area contributed by atoms with Gasteiger partial charge in [-0.05, 0) is 80.6 Å². The lowest BCUT2D eigenvalue weighted by molar-refractivity contribution is -0.139. The number of carbonyl (C=O) groups excluding carboxylic acids is 2. The SMILES string of the molecule is CCCNC(=O)C(C)N(Cc1cccc(Br)c1)C(=O)CN(c1ccc(C)cc1)S(=O)(=O)c1ccc(SC)cc1. The summed E-state index contributed by atoms with van der Waals surface area (Å²) in [5, 5.41) is 2.85. The minimum absolute atomic E-state index is 0.0842. The smallest absolute Gasteiger partial charge is 0.264 e. The minimum atomic E-state index is -4.09. The van der Waals surface area contributed by atoms with Gasteiger partial charge in [-0.1, -0.05) is 52.7 Å². The summed E-state index contributed by atoms with van der Waals surface area (Å²) in [6.07, 6.45) is 2.67. The van der Waals surface area contributed by atoms with Crippen LogP contribution in [0.5, 0.6) is 0 Å². The number of nitrogens with zero attached hydrogens (tertiary/aromatic N) is 2. The monoisotopic (exact) mass is 631 g/mol. The number of hydrogen-bond acceptors (Lipinski definition) is 5. The van der Waals surface area contributed by atoms with Gasteiger partial charge in [-0.2, -0.15) is 0 Å². The first kappa shape index (κ1) is 30.7. The number of benzene rings is 3. The van der Waals surface area contributed by atoms with Crippen molar-refractivity contribution in [3.05, 3.63) is 88.4 Å². The molecular weight excluding hydrogens is 598 g/mol. The second kappa shape index (κ2) is 14.0. The molecule has 0 heterocycles. The molecular formula is C29H34BrN3O4S2. The molecule has 208 valence electrons. The summed E-state index contributed by atoms with van der Waals surface area (Å²) in [6, 6.07) is 20.2. The molecule has 3 aromatic carbocycles. The van der Waals surface area contributed by atoms with Crippen LogP contribution in [0, 0.1) is 6.92 Å². The maximum absolute atomic E-state index is 13.9. The Kier molecular flexibility index (Phi) is 11.0. The van der Waals surface area contributed by atoms with Crippen molar-refractivity contribution < 1.29 is 18.0 Å². The summed E-state index contributed by atoms with van der Waals surface area (Å²) in [7, 11) is -4.09. The number of carbonyl (C=O) groups is 2. The Morgan fingerprint density at radius 3 is 2.28 bits per heavy atom. The first-order valence-electron chi connectivity index (χ1n) is 12.6. The van der Waals surface area contributed by atoms with E-state index in [1.54, 1.807) is 55.5 Å². The van der Waals surface area contributed by atoms with Gasteiger partial charge in [-0.25, -0.2) is 8.42 Å². The second-order valence-electron chi connectivity index (χ2n) is 9.14. The molecule has 0 radical (unpaired) electrons. The van der Waals surface area contributed by atoms with Gasteiger partial charge in [-0.15, -0.1) is 11.8 Å². The van der Waals surface area contributed by atoms with Crippen LogP contribution in [-0.2, 0) is 26.2 Å². The fraction of sp³-hybridized carbons (Fsp3) is 0.310. The van der Waals surface area contributed by atoms with Crippen molar-refractivity contribution in [1.29, 1.82) is 0 Å². The predicted molar refractivity (Wildman–Crippen MR) is 161 cm³/mol. The average Bonchev–Trinajstić information content (AvgIpc) is 2.93. The highest BCUT2D eigenvalue weighted by Crippen LogP contribution is 2.26. The maximum atomic E-state index is 13.9. The van der Waals surface area contributed by atoms with Crippen LogP contribution in [0.25, 0.3) is 0 Å². The molecule has 1 N–H and O–H groups in total. The molecule has 3 aromatic rings. The Morgan fingerprint density at radius 2 is 1.69 bits per heavy atom. The molecule has 0 saturated carbocycles. The molecule has 0 spiro atoms. The zero-order chi connectivity index (χ0) is 28.6. The van der Waals surface area contributed by atoms with Gasteiger partial charge in [0.1, 0.15) is 12.6 Å². The third-order valence-corrected chi connectivity index (χ3v) is 9.23. The van der Waals surface area contributed by atoms with Crippen molar-refractivity contribution in [1.82, 2.24) is 10.2 Å². The van der Waals surface area contributed by atoms with Gasteiger partial charge in [0, 0.05) is 22.5 Å². The van der Waals surface area contributed by atoms with Crippen LogP contribution in [-0.4, -0.2) is 50.5 Å². The molecule has 39 heavy (non-hydrogen) atoms. The predicted octanol–water partition coefficient (Wildman–Crippen LogP) is 5.62. The van der Waals surface area contributed by atoms with E-state index in [-0.39, 0.29) is 17.3 Å². The summed E-state index contributed by atoms with van der Waals surface area (Å²) < 4.78 is 29.7. The van der Waals surface area contributed by atoms with Gasteiger partial charge in [-0.3, -0.25) is 13.9 Å². The van der Waals surface area contributed by atoms with Crippen LogP contribution >= 0.6 is 27.7 Å². The molecule has 0 saturated heterocycles. The molecule has 2 amide bonds. The molecule has 0 fully saturated rings. The lowest BCUT2D eigenvalue weighted by Gasteiger charge is -2.32. The fourth-order valence-electron chi connectivity index (χ4n) is 3.93. The minimum Gasteiger partial charge on any atom is -0.354 e.